The van der Waals surface area contributed by atoms with Crippen LogP contribution in [0.1, 0.15) is 46.1 Å². The minimum absolute atomic E-state index is 0.0807. The van der Waals surface area contributed by atoms with E-state index in [1.165, 1.54) is 0 Å². The molecule has 2 aromatic heterocycles. The highest BCUT2D eigenvalue weighted by molar-refractivity contribution is 6.09. The van der Waals surface area contributed by atoms with E-state index in [1.807, 2.05) is 6.07 Å². The van der Waals surface area contributed by atoms with Crippen molar-refractivity contribution in [3.05, 3.63) is 63.2 Å². The van der Waals surface area contributed by atoms with Gasteiger partial charge in [0.15, 0.2) is 5.78 Å². The van der Waals surface area contributed by atoms with Crippen molar-refractivity contribution in [2.24, 2.45) is 0 Å². The lowest BCUT2D eigenvalue weighted by molar-refractivity contribution is -0.139. The molecule has 1 N–H and O–H groups in total. The molecule has 1 aliphatic rings. The Morgan fingerprint density at radius 1 is 1.30 bits per heavy atom. The maximum atomic E-state index is 13.2. The Bertz CT molecular complexity index is 1110. The Morgan fingerprint density at radius 2 is 2.00 bits per heavy atom. The topological polar surface area (TPSA) is 67.8 Å². The number of nitrogens with zero attached hydrogens (tertiary/aromatic N) is 2. The van der Waals surface area contributed by atoms with Crippen LogP contribution in [0.4, 0.5) is 13.2 Å². The molecule has 1 aliphatic carbocycles. The molecule has 2 heterocycles. The summed E-state index contributed by atoms with van der Waals surface area (Å²) < 4.78 is 40.4. The number of rotatable bonds is 4. The van der Waals surface area contributed by atoms with Gasteiger partial charge in [0.25, 0.3) is 5.56 Å². The van der Waals surface area contributed by atoms with E-state index in [0.29, 0.717) is 21.3 Å². The second-order valence-corrected chi connectivity index (χ2v) is 6.81. The van der Waals surface area contributed by atoms with E-state index in [1.54, 1.807) is 25.1 Å². The van der Waals surface area contributed by atoms with Crippen molar-refractivity contribution in [2.75, 3.05) is 0 Å². The average molecular weight is 375 g/mol. The summed E-state index contributed by atoms with van der Waals surface area (Å²) in [5.74, 6) is -0.538. The molecule has 1 aromatic carbocycles. The van der Waals surface area contributed by atoms with Gasteiger partial charge in [0.2, 0.25) is 0 Å². The summed E-state index contributed by atoms with van der Waals surface area (Å²) in [5.41, 5.74) is -0.638. The number of carbonyl (C=O) groups is 1. The van der Waals surface area contributed by atoms with Crippen LogP contribution in [0.3, 0.4) is 0 Å². The third-order valence-corrected chi connectivity index (χ3v) is 4.76. The van der Waals surface area contributed by atoms with Crippen LogP contribution in [0.2, 0.25) is 0 Å². The maximum absolute atomic E-state index is 13.2. The van der Waals surface area contributed by atoms with Crippen LogP contribution in [0.15, 0.2) is 35.1 Å². The van der Waals surface area contributed by atoms with Gasteiger partial charge < -0.3 is 4.98 Å². The number of Topliss-reactive ketones (excluding diaryl/α,β-unsaturated/α-hetero) is 1. The van der Waals surface area contributed by atoms with Gasteiger partial charge in [-0.05, 0) is 31.9 Å². The minimum Gasteiger partial charge on any atom is -0.358 e. The van der Waals surface area contributed by atoms with E-state index in [2.05, 4.69) is 10.1 Å². The number of alkyl halides is 3. The molecule has 3 aromatic rings. The van der Waals surface area contributed by atoms with Crippen molar-refractivity contribution in [1.29, 1.82) is 0 Å². The molecule has 8 heteroatoms. The summed E-state index contributed by atoms with van der Waals surface area (Å²) in [5, 5.41) is 4.71. The van der Waals surface area contributed by atoms with Crippen molar-refractivity contribution in [3.8, 4) is 0 Å². The van der Waals surface area contributed by atoms with Crippen LogP contribution in [0, 0.1) is 6.92 Å². The molecule has 27 heavy (non-hydrogen) atoms. The number of hydrogen-bond donors (Lipinski definition) is 1. The van der Waals surface area contributed by atoms with Gasteiger partial charge in [0, 0.05) is 28.1 Å². The van der Waals surface area contributed by atoms with Crippen molar-refractivity contribution < 1.29 is 18.0 Å². The largest absolute Gasteiger partial charge is 0.421 e. The molecular weight excluding hydrogens is 359 g/mol. The molecule has 0 atom stereocenters. The molecule has 1 saturated carbocycles. The van der Waals surface area contributed by atoms with E-state index >= 15 is 0 Å². The molecule has 0 radical (unpaired) electrons. The summed E-state index contributed by atoms with van der Waals surface area (Å²) in [6.45, 7) is 1.18. The number of benzene rings is 1. The number of nitrogens with one attached hydrogen (secondary N) is 1. The van der Waals surface area contributed by atoms with Gasteiger partial charge in [0.05, 0.1) is 5.69 Å². The van der Waals surface area contributed by atoms with E-state index in [-0.39, 0.29) is 11.6 Å². The van der Waals surface area contributed by atoms with Crippen LogP contribution >= 0.6 is 0 Å². The van der Waals surface area contributed by atoms with Gasteiger partial charge in [-0.25, -0.2) is 4.68 Å². The van der Waals surface area contributed by atoms with Gasteiger partial charge in [-0.1, -0.05) is 18.2 Å². The van der Waals surface area contributed by atoms with E-state index in [0.717, 1.165) is 24.4 Å². The quantitative estimate of drug-likeness (QED) is 0.705. The summed E-state index contributed by atoms with van der Waals surface area (Å²) in [4.78, 5) is 28.2. The number of ketones is 1. The fourth-order valence-corrected chi connectivity index (χ4v) is 3.30. The highest BCUT2D eigenvalue weighted by Crippen LogP contribution is 2.40. The van der Waals surface area contributed by atoms with E-state index in [4.69, 9.17) is 0 Å². The van der Waals surface area contributed by atoms with E-state index in [9.17, 15) is 22.8 Å². The van der Waals surface area contributed by atoms with Crippen molar-refractivity contribution >= 4 is 16.7 Å². The Kier molecular flexibility index (Phi) is 3.94. The molecule has 0 aliphatic heterocycles. The molecule has 0 amide bonds. The molecule has 0 spiro atoms. The van der Waals surface area contributed by atoms with Crippen LogP contribution < -0.4 is 5.56 Å². The molecule has 1 fully saturated rings. The number of halogens is 3. The summed E-state index contributed by atoms with van der Waals surface area (Å²) in [6.07, 6.45) is -3.32. The van der Waals surface area contributed by atoms with Crippen molar-refractivity contribution in [3.63, 3.8) is 0 Å². The number of aromatic nitrogens is 3. The maximum Gasteiger partial charge on any atom is 0.421 e. The molecule has 5 nitrogen and oxygen atoms in total. The highest BCUT2D eigenvalue weighted by atomic mass is 19.4. The smallest absolute Gasteiger partial charge is 0.358 e. The van der Waals surface area contributed by atoms with Crippen LogP contribution in [-0.2, 0) is 12.7 Å². The Hall–Kier alpha value is -2.90. The number of aryl methyl sites for hydroxylation is 1. The van der Waals surface area contributed by atoms with Gasteiger partial charge in [-0.2, -0.15) is 18.3 Å². The predicted octanol–water partition coefficient (Wildman–Crippen LogP) is 3.81. The minimum atomic E-state index is -4.79. The highest BCUT2D eigenvalue weighted by Gasteiger charge is 2.38. The number of carbonyl (C=O) groups excluding carboxylic acids is 1. The third-order valence-electron chi connectivity index (χ3n) is 4.76. The molecular formula is C19H16F3N3O2. The number of hydrogen-bond acceptors (Lipinski definition) is 3. The first kappa shape index (κ1) is 17.5. The summed E-state index contributed by atoms with van der Waals surface area (Å²) in [7, 11) is 0. The standard InChI is InChI=1S/C19H16F3N3O2/c1-10-17(12-4-2-3-5-14(12)23-10)16(26)9-25-18(27)13(19(20,21)22)8-15(24-25)11-6-7-11/h2-5,8,11,23H,6-7,9H2,1H3. The SMILES string of the molecule is Cc1[nH]c2ccccc2c1C(=O)Cn1nc(C2CC2)cc(C(F)(F)F)c1=O. The van der Waals surface area contributed by atoms with Crippen LogP contribution in [0.25, 0.3) is 10.9 Å². The monoisotopic (exact) mass is 375 g/mol. The van der Waals surface area contributed by atoms with Crippen molar-refractivity contribution in [1.82, 2.24) is 14.8 Å². The second-order valence-electron chi connectivity index (χ2n) is 6.81. The zero-order valence-electron chi connectivity index (χ0n) is 14.4. The number of fused-ring (bicyclic) bond motifs is 1. The second kappa shape index (κ2) is 6.07. The van der Waals surface area contributed by atoms with Crippen LogP contribution in [-0.4, -0.2) is 20.5 Å². The van der Waals surface area contributed by atoms with Crippen molar-refractivity contribution in [2.45, 2.75) is 38.4 Å². The van der Waals surface area contributed by atoms with Gasteiger partial charge in [-0.15, -0.1) is 0 Å². The molecule has 140 valence electrons. The lowest BCUT2D eigenvalue weighted by Gasteiger charge is -2.12. The zero-order chi connectivity index (χ0) is 19.3. The molecule has 0 saturated heterocycles. The van der Waals surface area contributed by atoms with E-state index < -0.39 is 29.6 Å². The number of para-hydroxylation sites is 1. The lowest BCUT2D eigenvalue weighted by Crippen LogP contribution is -2.33. The number of H-pyrrole nitrogens is 1. The molecule has 0 bridgehead atoms. The third kappa shape index (κ3) is 3.15. The first-order valence-corrected chi connectivity index (χ1v) is 8.55. The Labute approximate surface area is 151 Å². The predicted molar refractivity (Wildman–Crippen MR) is 92.8 cm³/mol. The van der Waals surface area contributed by atoms with Gasteiger partial charge in [-0.3, -0.25) is 9.59 Å². The van der Waals surface area contributed by atoms with Gasteiger partial charge >= 0.3 is 6.18 Å². The summed E-state index contributed by atoms with van der Waals surface area (Å²) in [6, 6.07) is 7.96. The molecule has 0 unspecified atom stereocenters. The first-order valence-electron chi connectivity index (χ1n) is 8.55. The lowest BCUT2D eigenvalue weighted by atomic mass is 10.1. The normalized spacial score (nSPS) is 14.7. The Morgan fingerprint density at radius 3 is 2.67 bits per heavy atom. The van der Waals surface area contributed by atoms with Crippen LogP contribution in [0.5, 0.6) is 0 Å². The average Bonchev–Trinajstić information content (AvgIpc) is 3.37. The Balaban J connectivity index is 1.77. The fraction of sp³-hybridized carbons (Fsp3) is 0.316. The molecule has 4 rings (SSSR count). The first-order chi connectivity index (χ1) is 12.8. The van der Waals surface area contributed by atoms with Gasteiger partial charge in [0.1, 0.15) is 12.1 Å². The number of aromatic amines is 1. The zero-order valence-corrected chi connectivity index (χ0v) is 14.4. The fourth-order valence-electron chi connectivity index (χ4n) is 3.30. The summed E-state index contributed by atoms with van der Waals surface area (Å²) >= 11 is 0.